The highest BCUT2D eigenvalue weighted by Gasteiger charge is 2.24. The van der Waals surface area contributed by atoms with E-state index in [1.54, 1.807) is 0 Å². The van der Waals surface area contributed by atoms with E-state index in [0.29, 0.717) is 12.1 Å². The number of anilines is 1. The number of fused-ring (bicyclic) bond motifs is 3. The lowest BCUT2D eigenvalue weighted by atomic mass is 10.1. The molecule has 1 aliphatic heterocycles. The van der Waals surface area contributed by atoms with Gasteiger partial charge in [0.05, 0.1) is 5.56 Å². The monoisotopic (exact) mass is 376 g/mol. The van der Waals surface area contributed by atoms with Crippen LogP contribution in [0.5, 0.6) is 0 Å². The molecule has 0 unspecified atom stereocenters. The number of benzene rings is 1. The first-order valence-corrected chi connectivity index (χ1v) is 10.4. The van der Waals surface area contributed by atoms with E-state index in [2.05, 4.69) is 11.5 Å². The summed E-state index contributed by atoms with van der Waals surface area (Å²) in [6.07, 6.45) is 6.48. The van der Waals surface area contributed by atoms with Gasteiger partial charge in [-0.2, -0.15) is 0 Å². The summed E-state index contributed by atoms with van der Waals surface area (Å²) in [6.45, 7) is 5.75. The highest BCUT2D eigenvalue weighted by Crippen LogP contribution is 2.26. The second-order valence-electron chi connectivity index (χ2n) is 7.62. The molecule has 2 aromatic heterocycles. The Morgan fingerprint density at radius 3 is 2.75 bits per heavy atom. The normalized spacial score (nSPS) is 13.9. The minimum Gasteiger partial charge on any atom is -0.313 e. The summed E-state index contributed by atoms with van der Waals surface area (Å²) in [6, 6.07) is 11.8. The van der Waals surface area contributed by atoms with Gasteiger partial charge in [-0.1, -0.05) is 38.0 Å². The van der Waals surface area contributed by atoms with E-state index in [1.165, 1.54) is 6.42 Å². The maximum atomic E-state index is 13.6. The third-order valence-electron chi connectivity index (χ3n) is 5.47. The lowest BCUT2D eigenvalue weighted by molar-refractivity contribution is 0.0988. The van der Waals surface area contributed by atoms with E-state index in [1.807, 2.05) is 48.2 Å². The van der Waals surface area contributed by atoms with Crippen molar-refractivity contribution in [2.24, 2.45) is 0 Å². The molecule has 28 heavy (non-hydrogen) atoms. The van der Waals surface area contributed by atoms with Crippen LogP contribution in [0.2, 0.25) is 0 Å². The molecule has 5 nitrogen and oxygen atoms in total. The minimum atomic E-state index is 0.0170. The zero-order valence-electron chi connectivity index (χ0n) is 16.8. The molecule has 146 valence electrons. The van der Waals surface area contributed by atoms with Crippen molar-refractivity contribution in [3.05, 3.63) is 53.5 Å². The molecule has 0 radical (unpaired) electrons. The first kappa shape index (κ1) is 18.7. The summed E-state index contributed by atoms with van der Waals surface area (Å²) in [5.74, 6) is 1.09. The summed E-state index contributed by atoms with van der Waals surface area (Å²) >= 11 is 0. The van der Waals surface area contributed by atoms with Crippen LogP contribution in [0, 0.1) is 6.92 Å². The topological polar surface area (TPSA) is 51.0 Å². The summed E-state index contributed by atoms with van der Waals surface area (Å²) in [7, 11) is 0. The molecule has 0 fully saturated rings. The van der Waals surface area contributed by atoms with E-state index >= 15 is 0 Å². The van der Waals surface area contributed by atoms with E-state index in [4.69, 9.17) is 9.97 Å². The molecule has 5 heteroatoms. The Labute approximate surface area is 166 Å². The van der Waals surface area contributed by atoms with Crippen molar-refractivity contribution in [2.45, 2.75) is 58.9 Å². The number of imidazole rings is 1. The largest absolute Gasteiger partial charge is 0.313 e. The zero-order valence-corrected chi connectivity index (χ0v) is 16.8. The SMILES string of the molecule is CCCCN(C(=O)c1cc(C)nc2c1nc1n2CCCCC1)c1ccccc1. The van der Waals surface area contributed by atoms with Crippen molar-refractivity contribution < 1.29 is 4.79 Å². The smallest absolute Gasteiger partial charge is 0.260 e. The van der Waals surface area contributed by atoms with Crippen LogP contribution in [-0.4, -0.2) is 27.0 Å². The third kappa shape index (κ3) is 3.53. The Morgan fingerprint density at radius 2 is 1.96 bits per heavy atom. The summed E-state index contributed by atoms with van der Waals surface area (Å²) in [5.41, 5.74) is 4.09. The maximum absolute atomic E-state index is 13.6. The van der Waals surface area contributed by atoms with Gasteiger partial charge in [0.1, 0.15) is 11.3 Å². The van der Waals surface area contributed by atoms with Crippen molar-refractivity contribution >= 4 is 22.8 Å². The first-order valence-electron chi connectivity index (χ1n) is 10.4. The molecule has 0 saturated heterocycles. The fourth-order valence-electron chi connectivity index (χ4n) is 4.00. The van der Waals surface area contributed by atoms with E-state index in [-0.39, 0.29) is 5.91 Å². The lowest BCUT2D eigenvalue weighted by Crippen LogP contribution is -2.32. The van der Waals surface area contributed by atoms with Crippen LogP contribution in [0.25, 0.3) is 11.2 Å². The van der Waals surface area contributed by atoms with Gasteiger partial charge in [-0.25, -0.2) is 9.97 Å². The Kier molecular flexibility index (Phi) is 5.42. The number of hydrogen-bond acceptors (Lipinski definition) is 3. The standard InChI is InChI=1S/C23H28N4O/c1-3-4-14-26(18-11-7-5-8-12-18)23(28)19-16-17(2)24-22-21(19)25-20-13-9-6-10-15-27(20)22/h5,7-8,11-12,16H,3-4,6,9-10,13-15H2,1-2H3. The van der Waals surface area contributed by atoms with Gasteiger partial charge in [0.15, 0.2) is 5.65 Å². The van der Waals surface area contributed by atoms with Crippen molar-refractivity contribution in [3.63, 3.8) is 0 Å². The highest BCUT2D eigenvalue weighted by molar-refractivity contribution is 6.12. The molecule has 0 bridgehead atoms. The average molecular weight is 377 g/mol. The Morgan fingerprint density at radius 1 is 1.14 bits per heavy atom. The Balaban J connectivity index is 1.81. The van der Waals surface area contributed by atoms with Crippen LogP contribution < -0.4 is 4.90 Å². The number of aryl methyl sites for hydroxylation is 3. The molecule has 0 saturated carbocycles. The number of amides is 1. The molecule has 1 aliphatic rings. The van der Waals surface area contributed by atoms with Gasteiger partial charge < -0.3 is 9.47 Å². The van der Waals surface area contributed by atoms with Crippen molar-refractivity contribution in [3.8, 4) is 0 Å². The number of para-hydroxylation sites is 1. The maximum Gasteiger partial charge on any atom is 0.260 e. The quantitative estimate of drug-likeness (QED) is 0.635. The summed E-state index contributed by atoms with van der Waals surface area (Å²) in [4.78, 5) is 25.2. The predicted octanol–water partition coefficient (Wildman–Crippen LogP) is 4.91. The van der Waals surface area contributed by atoms with Crippen LogP contribution in [0.1, 0.15) is 60.9 Å². The number of carbonyl (C=O) groups excluding carboxylic acids is 1. The van der Waals surface area contributed by atoms with Crippen LogP contribution in [0.3, 0.4) is 0 Å². The van der Waals surface area contributed by atoms with Gasteiger partial charge in [0.25, 0.3) is 5.91 Å². The summed E-state index contributed by atoms with van der Waals surface area (Å²) < 4.78 is 2.23. The molecule has 3 aromatic rings. The highest BCUT2D eigenvalue weighted by atomic mass is 16.2. The zero-order chi connectivity index (χ0) is 19.5. The van der Waals surface area contributed by atoms with Crippen LogP contribution in [-0.2, 0) is 13.0 Å². The van der Waals surface area contributed by atoms with Crippen LogP contribution in [0.4, 0.5) is 5.69 Å². The van der Waals surface area contributed by atoms with Gasteiger partial charge >= 0.3 is 0 Å². The molecule has 1 amide bonds. The molecule has 1 aromatic carbocycles. The molecule has 0 spiro atoms. The van der Waals surface area contributed by atoms with Gasteiger partial charge in [0, 0.05) is 30.9 Å². The van der Waals surface area contributed by atoms with E-state index in [0.717, 1.165) is 67.0 Å². The summed E-state index contributed by atoms with van der Waals surface area (Å²) in [5, 5.41) is 0. The number of nitrogens with zero attached hydrogens (tertiary/aromatic N) is 4. The fourth-order valence-corrected chi connectivity index (χ4v) is 4.00. The molecule has 0 N–H and O–H groups in total. The third-order valence-corrected chi connectivity index (χ3v) is 5.47. The molecule has 3 heterocycles. The van der Waals surface area contributed by atoms with E-state index < -0.39 is 0 Å². The number of rotatable bonds is 5. The van der Waals surface area contributed by atoms with Crippen LogP contribution in [0.15, 0.2) is 36.4 Å². The predicted molar refractivity (Wildman–Crippen MR) is 113 cm³/mol. The van der Waals surface area contributed by atoms with Crippen LogP contribution >= 0.6 is 0 Å². The van der Waals surface area contributed by atoms with Gasteiger partial charge in [0.2, 0.25) is 0 Å². The number of unbranched alkanes of at least 4 members (excludes halogenated alkanes) is 1. The number of hydrogen-bond donors (Lipinski definition) is 0. The molecular weight excluding hydrogens is 348 g/mol. The molecule has 0 atom stereocenters. The second kappa shape index (κ2) is 8.13. The lowest BCUT2D eigenvalue weighted by Gasteiger charge is -2.23. The van der Waals surface area contributed by atoms with Gasteiger partial charge in [-0.3, -0.25) is 4.79 Å². The van der Waals surface area contributed by atoms with Crippen molar-refractivity contribution in [2.75, 3.05) is 11.4 Å². The van der Waals surface area contributed by atoms with Crippen molar-refractivity contribution in [1.29, 1.82) is 0 Å². The first-order chi connectivity index (χ1) is 13.7. The number of carbonyl (C=O) groups is 1. The molecule has 0 aliphatic carbocycles. The Bertz CT molecular complexity index is 977. The second-order valence-corrected chi connectivity index (χ2v) is 7.62. The molecular formula is C23H28N4O. The van der Waals surface area contributed by atoms with Gasteiger partial charge in [-0.05, 0) is 44.4 Å². The molecule has 4 rings (SSSR count). The average Bonchev–Trinajstić information content (AvgIpc) is 2.89. The Hall–Kier alpha value is -2.69. The number of aromatic nitrogens is 3. The number of pyridine rings is 1. The van der Waals surface area contributed by atoms with Gasteiger partial charge in [-0.15, -0.1) is 0 Å². The minimum absolute atomic E-state index is 0.0170. The fraction of sp³-hybridized carbons (Fsp3) is 0.435. The van der Waals surface area contributed by atoms with E-state index in [9.17, 15) is 4.79 Å². The van der Waals surface area contributed by atoms with Crippen molar-refractivity contribution in [1.82, 2.24) is 14.5 Å².